The number of carbonyl (C=O) groups is 2. The molecule has 2 aliphatic heterocycles. The van der Waals surface area contributed by atoms with Crippen molar-refractivity contribution in [2.45, 2.75) is 44.8 Å². The predicted molar refractivity (Wildman–Crippen MR) is 128 cm³/mol. The number of rotatable bonds is 9. The highest BCUT2D eigenvalue weighted by Crippen LogP contribution is 2.42. The van der Waals surface area contributed by atoms with E-state index in [0.29, 0.717) is 30.3 Å². The summed E-state index contributed by atoms with van der Waals surface area (Å²) in [5.41, 5.74) is 0.782. The first kappa shape index (κ1) is 24.7. The maximum atomic E-state index is 13.5. The molecule has 2 saturated heterocycles. The Labute approximate surface area is 204 Å². The molecule has 2 heterocycles. The number of ether oxygens (including phenoxy) is 3. The molecule has 8 heteroatoms. The molecule has 2 fully saturated rings. The summed E-state index contributed by atoms with van der Waals surface area (Å²) < 4.78 is 30.5. The smallest absolute Gasteiger partial charge is 0.295 e. The molecule has 4 rings (SSSR count). The van der Waals surface area contributed by atoms with E-state index >= 15 is 0 Å². The second-order valence-corrected chi connectivity index (χ2v) is 8.71. The molecule has 7 nitrogen and oxygen atoms in total. The fourth-order valence-corrected chi connectivity index (χ4v) is 4.49. The summed E-state index contributed by atoms with van der Waals surface area (Å²) in [7, 11) is 1.52. The number of ketones is 1. The third-order valence-corrected chi connectivity index (χ3v) is 6.34. The number of unbranched alkanes of at least 4 members (excludes halogenated alkanes) is 1. The number of Topliss-reactive ketones (excluding diaryl/α,β-unsaturated/α-hetero) is 1. The molecule has 1 amide bonds. The van der Waals surface area contributed by atoms with Crippen LogP contribution in [-0.4, -0.2) is 54.7 Å². The number of carbonyl (C=O) groups excluding carboxylic acids is 2. The summed E-state index contributed by atoms with van der Waals surface area (Å²) in [5, 5.41) is 11.1. The van der Waals surface area contributed by atoms with E-state index < -0.39 is 23.5 Å². The number of hydrogen-bond acceptors (Lipinski definition) is 6. The summed E-state index contributed by atoms with van der Waals surface area (Å²) in [6.07, 6.45) is 3.35. The number of halogens is 1. The third-order valence-electron chi connectivity index (χ3n) is 6.34. The fourth-order valence-electron chi connectivity index (χ4n) is 4.49. The lowest BCUT2D eigenvalue weighted by Gasteiger charge is -2.28. The van der Waals surface area contributed by atoms with Gasteiger partial charge in [-0.3, -0.25) is 9.59 Å². The number of likely N-dealkylation sites (tertiary alicyclic amines) is 1. The van der Waals surface area contributed by atoms with Crippen LogP contribution in [0.15, 0.2) is 48.0 Å². The van der Waals surface area contributed by atoms with Gasteiger partial charge in [-0.1, -0.05) is 19.4 Å². The van der Waals surface area contributed by atoms with E-state index in [1.165, 1.54) is 36.3 Å². The van der Waals surface area contributed by atoms with Crippen LogP contribution in [0.5, 0.6) is 11.5 Å². The van der Waals surface area contributed by atoms with Crippen molar-refractivity contribution in [1.29, 1.82) is 0 Å². The van der Waals surface area contributed by atoms with Gasteiger partial charge < -0.3 is 24.2 Å². The minimum atomic E-state index is -0.858. The van der Waals surface area contributed by atoms with Crippen molar-refractivity contribution in [1.82, 2.24) is 4.90 Å². The fraction of sp³-hybridized carbons (Fsp3) is 0.407. The molecule has 0 aliphatic carbocycles. The van der Waals surface area contributed by atoms with E-state index in [0.717, 1.165) is 25.7 Å². The van der Waals surface area contributed by atoms with Crippen LogP contribution in [0.3, 0.4) is 0 Å². The SMILES string of the molecule is CCCCOc1ccc(C2/C(=C(\O)c3ccc(F)cc3)C(=O)C(=O)N2CC2CCCO2)cc1OC. The Morgan fingerprint density at radius 1 is 1.17 bits per heavy atom. The van der Waals surface area contributed by atoms with Crippen molar-refractivity contribution < 1.29 is 33.3 Å². The second-order valence-electron chi connectivity index (χ2n) is 8.71. The first-order valence-electron chi connectivity index (χ1n) is 11.9. The van der Waals surface area contributed by atoms with Crippen molar-refractivity contribution in [2.75, 3.05) is 26.9 Å². The van der Waals surface area contributed by atoms with Crippen LogP contribution in [0.4, 0.5) is 4.39 Å². The van der Waals surface area contributed by atoms with E-state index in [9.17, 15) is 19.1 Å². The van der Waals surface area contributed by atoms with Crippen LogP contribution >= 0.6 is 0 Å². The number of aliphatic hydroxyl groups excluding tert-OH is 1. The van der Waals surface area contributed by atoms with Gasteiger partial charge in [-0.15, -0.1) is 0 Å². The van der Waals surface area contributed by atoms with Gasteiger partial charge in [0.1, 0.15) is 11.6 Å². The quantitative estimate of drug-likeness (QED) is 0.243. The van der Waals surface area contributed by atoms with Crippen molar-refractivity contribution in [3.05, 3.63) is 65.0 Å². The molecule has 2 unspecified atom stereocenters. The largest absolute Gasteiger partial charge is 0.507 e. The Balaban J connectivity index is 1.78. The highest BCUT2D eigenvalue weighted by molar-refractivity contribution is 6.46. The summed E-state index contributed by atoms with van der Waals surface area (Å²) >= 11 is 0. The molecule has 1 N–H and O–H groups in total. The Kier molecular flexibility index (Phi) is 7.70. The highest BCUT2D eigenvalue weighted by atomic mass is 19.1. The van der Waals surface area contributed by atoms with Gasteiger partial charge in [0.05, 0.1) is 31.4 Å². The van der Waals surface area contributed by atoms with Gasteiger partial charge in [0.25, 0.3) is 11.7 Å². The van der Waals surface area contributed by atoms with Gasteiger partial charge in [0, 0.05) is 18.7 Å². The van der Waals surface area contributed by atoms with Gasteiger partial charge in [-0.25, -0.2) is 4.39 Å². The molecule has 2 aliphatic rings. The molecule has 2 aromatic rings. The number of amides is 1. The maximum Gasteiger partial charge on any atom is 0.295 e. The number of methoxy groups -OCH3 is 1. The Hall–Kier alpha value is -3.39. The summed E-state index contributed by atoms with van der Waals surface area (Å²) in [4.78, 5) is 27.7. The van der Waals surface area contributed by atoms with Crippen molar-refractivity contribution in [3.63, 3.8) is 0 Å². The zero-order chi connectivity index (χ0) is 24.9. The van der Waals surface area contributed by atoms with Crippen molar-refractivity contribution in [3.8, 4) is 11.5 Å². The Morgan fingerprint density at radius 2 is 1.94 bits per heavy atom. The number of aliphatic hydroxyl groups is 1. The standard InChI is InChI=1S/C27H30FNO6/c1-3-4-13-35-21-12-9-18(15-22(21)33-2)24-23(25(30)17-7-10-19(28)11-8-17)26(31)27(32)29(24)16-20-6-5-14-34-20/h7-12,15,20,24,30H,3-6,13-14,16H2,1-2H3/b25-23+. The monoisotopic (exact) mass is 483 g/mol. The Morgan fingerprint density at radius 3 is 2.60 bits per heavy atom. The Bertz CT molecular complexity index is 1110. The molecule has 0 saturated carbocycles. The molecule has 35 heavy (non-hydrogen) atoms. The van der Waals surface area contributed by atoms with Crippen LogP contribution < -0.4 is 9.47 Å². The van der Waals surface area contributed by atoms with Gasteiger partial charge >= 0.3 is 0 Å². The topological polar surface area (TPSA) is 85.3 Å². The van der Waals surface area contributed by atoms with Gasteiger partial charge in [0.15, 0.2) is 11.5 Å². The minimum absolute atomic E-state index is 0.0543. The molecule has 2 atom stereocenters. The van der Waals surface area contributed by atoms with E-state index in [1.54, 1.807) is 18.2 Å². The lowest BCUT2D eigenvalue weighted by atomic mass is 9.94. The zero-order valence-electron chi connectivity index (χ0n) is 20.0. The van der Waals surface area contributed by atoms with E-state index in [1.807, 2.05) is 0 Å². The minimum Gasteiger partial charge on any atom is -0.507 e. The molecule has 0 aromatic heterocycles. The number of benzene rings is 2. The van der Waals surface area contributed by atoms with E-state index in [2.05, 4.69) is 6.92 Å². The van der Waals surface area contributed by atoms with Gasteiger partial charge in [-0.2, -0.15) is 0 Å². The predicted octanol–water partition coefficient (Wildman–Crippen LogP) is 4.61. The highest BCUT2D eigenvalue weighted by Gasteiger charge is 2.47. The molecule has 0 bridgehead atoms. The lowest BCUT2D eigenvalue weighted by Crippen LogP contribution is -2.36. The number of hydrogen-bond donors (Lipinski definition) is 1. The normalized spacial score (nSPS) is 21.5. The molecule has 0 radical (unpaired) electrons. The lowest BCUT2D eigenvalue weighted by molar-refractivity contribution is -0.140. The van der Waals surface area contributed by atoms with Crippen LogP contribution in [0.25, 0.3) is 5.76 Å². The van der Waals surface area contributed by atoms with Crippen molar-refractivity contribution >= 4 is 17.4 Å². The van der Waals surface area contributed by atoms with Gasteiger partial charge in [0.2, 0.25) is 0 Å². The number of nitrogens with zero attached hydrogens (tertiary/aromatic N) is 1. The first-order chi connectivity index (χ1) is 16.9. The first-order valence-corrected chi connectivity index (χ1v) is 11.9. The average molecular weight is 484 g/mol. The molecule has 186 valence electrons. The van der Waals surface area contributed by atoms with Crippen LogP contribution in [0.1, 0.15) is 49.8 Å². The molecule has 2 aromatic carbocycles. The van der Waals surface area contributed by atoms with Gasteiger partial charge in [-0.05, 0) is 61.2 Å². The molecule has 0 spiro atoms. The van der Waals surface area contributed by atoms with Crippen LogP contribution in [-0.2, 0) is 14.3 Å². The summed E-state index contributed by atoms with van der Waals surface area (Å²) in [5.74, 6) is -1.32. The van der Waals surface area contributed by atoms with Crippen LogP contribution in [0, 0.1) is 5.82 Å². The van der Waals surface area contributed by atoms with E-state index in [4.69, 9.17) is 14.2 Å². The summed E-state index contributed by atoms with van der Waals surface area (Å²) in [6, 6.07) is 9.51. The third kappa shape index (κ3) is 5.17. The zero-order valence-corrected chi connectivity index (χ0v) is 20.0. The van der Waals surface area contributed by atoms with E-state index in [-0.39, 0.29) is 29.5 Å². The van der Waals surface area contributed by atoms with Crippen molar-refractivity contribution in [2.24, 2.45) is 0 Å². The summed E-state index contributed by atoms with van der Waals surface area (Å²) in [6.45, 7) is 3.43. The molecular weight excluding hydrogens is 453 g/mol. The maximum absolute atomic E-state index is 13.5. The average Bonchev–Trinajstić information content (AvgIpc) is 3.47. The molecular formula is C27H30FNO6. The van der Waals surface area contributed by atoms with Crippen LogP contribution in [0.2, 0.25) is 0 Å². The second kappa shape index (κ2) is 10.9.